The quantitative estimate of drug-likeness (QED) is 0.823. The Morgan fingerprint density at radius 3 is 2.58 bits per heavy atom. The lowest BCUT2D eigenvalue weighted by molar-refractivity contribution is 0.0876. The van der Waals surface area contributed by atoms with Crippen molar-refractivity contribution in [3.63, 3.8) is 0 Å². The Kier molecular flexibility index (Phi) is 4.64. The van der Waals surface area contributed by atoms with Crippen LogP contribution in [0.4, 0.5) is 0 Å². The fourth-order valence-electron chi connectivity index (χ4n) is 4.30. The number of amides is 1. The molecular formula is C18H25BrN6O. The van der Waals surface area contributed by atoms with Crippen molar-refractivity contribution in [2.45, 2.75) is 64.3 Å². The molecule has 2 aliphatic rings. The Morgan fingerprint density at radius 1 is 1.27 bits per heavy atom. The van der Waals surface area contributed by atoms with Crippen LogP contribution in [0.5, 0.6) is 0 Å². The third-order valence-electron chi connectivity index (χ3n) is 5.88. The Bertz CT molecular complexity index is 814. The van der Waals surface area contributed by atoms with Gasteiger partial charge in [-0.05, 0) is 68.6 Å². The van der Waals surface area contributed by atoms with Crippen molar-refractivity contribution in [1.29, 1.82) is 0 Å². The average Bonchev–Trinajstić information content (AvgIpc) is 3.21. The lowest BCUT2D eigenvalue weighted by atomic mass is 9.98. The molecule has 2 unspecified atom stereocenters. The average molecular weight is 421 g/mol. The van der Waals surface area contributed by atoms with Crippen LogP contribution in [0.3, 0.4) is 0 Å². The summed E-state index contributed by atoms with van der Waals surface area (Å²) in [5.41, 5.74) is 2.46. The van der Waals surface area contributed by atoms with Crippen LogP contribution in [-0.4, -0.2) is 55.5 Å². The van der Waals surface area contributed by atoms with Gasteiger partial charge in [0.25, 0.3) is 5.91 Å². The molecule has 4 rings (SSSR count). The van der Waals surface area contributed by atoms with E-state index in [2.05, 4.69) is 43.4 Å². The van der Waals surface area contributed by atoms with E-state index in [9.17, 15) is 4.79 Å². The number of halogens is 1. The second kappa shape index (κ2) is 6.81. The van der Waals surface area contributed by atoms with Crippen molar-refractivity contribution in [3.8, 4) is 0 Å². The van der Waals surface area contributed by atoms with E-state index in [0.29, 0.717) is 24.4 Å². The van der Waals surface area contributed by atoms with Crippen LogP contribution in [0, 0.1) is 13.8 Å². The van der Waals surface area contributed by atoms with Gasteiger partial charge in [-0.1, -0.05) is 0 Å². The molecule has 1 N–H and O–H groups in total. The first kappa shape index (κ1) is 17.7. The molecule has 8 heteroatoms. The zero-order valence-corrected chi connectivity index (χ0v) is 17.0. The van der Waals surface area contributed by atoms with Crippen LogP contribution in [0.25, 0.3) is 0 Å². The third kappa shape index (κ3) is 3.20. The standard InChI is InChI=1S/C18H25BrN6O/c1-11-17(19)12(2)25(21-11)10-24-7-6-16(22-24)18(26)20-13-8-14-4-5-15(9-13)23(14)3/h6-7,13-15H,4-5,8-10H2,1-3H3,(H,20,26). The van der Waals surface area contributed by atoms with Crippen LogP contribution >= 0.6 is 15.9 Å². The summed E-state index contributed by atoms with van der Waals surface area (Å²) in [6.45, 7) is 4.46. The summed E-state index contributed by atoms with van der Waals surface area (Å²) < 4.78 is 4.64. The highest BCUT2D eigenvalue weighted by Gasteiger charge is 2.38. The van der Waals surface area contributed by atoms with E-state index in [1.165, 1.54) is 12.8 Å². The predicted octanol–water partition coefficient (Wildman–Crippen LogP) is 2.32. The van der Waals surface area contributed by atoms with Crippen molar-refractivity contribution in [1.82, 2.24) is 29.8 Å². The number of carbonyl (C=O) groups excluding carboxylic acids is 1. The molecular weight excluding hydrogens is 396 g/mol. The highest BCUT2D eigenvalue weighted by Crippen LogP contribution is 2.34. The molecule has 0 spiro atoms. The molecule has 4 heterocycles. The number of piperidine rings is 1. The number of carbonyl (C=O) groups is 1. The van der Waals surface area contributed by atoms with E-state index in [1.807, 2.05) is 24.7 Å². The fraction of sp³-hybridized carbons (Fsp3) is 0.611. The molecule has 7 nitrogen and oxygen atoms in total. The Hall–Kier alpha value is -1.67. The minimum Gasteiger partial charge on any atom is -0.348 e. The maximum atomic E-state index is 12.6. The summed E-state index contributed by atoms with van der Waals surface area (Å²) in [7, 11) is 2.21. The van der Waals surface area contributed by atoms with Crippen molar-refractivity contribution in [2.75, 3.05) is 7.05 Å². The number of hydrogen-bond donors (Lipinski definition) is 1. The van der Waals surface area contributed by atoms with E-state index in [1.54, 1.807) is 10.7 Å². The first-order valence-electron chi connectivity index (χ1n) is 9.18. The first-order valence-corrected chi connectivity index (χ1v) is 9.97. The van der Waals surface area contributed by atoms with Crippen LogP contribution in [-0.2, 0) is 6.67 Å². The first-order chi connectivity index (χ1) is 12.4. The zero-order chi connectivity index (χ0) is 18.4. The summed E-state index contributed by atoms with van der Waals surface area (Å²) in [6.07, 6.45) is 6.41. The van der Waals surface area contributed by atoms with Gasteiger partial charge in [0.15, 0.2) is 0 Å². The SMILES string of the molecule is Cc1nn(Cn2ccc(C(=O)NC3CC4CCC(C3)N4C)n2)c(C)c1Br. The lowest BCUT2D eigenvalue weighted by Crippen LogP contribution is -2.48. The molecule has 0 radical (unpaired) electrons. The Labute approximate surface area is 161 Å². The Morgan fingerprint density at radius 2 is 1.96 bits per heavy atom. The van der Waals surface area contributed by atoms with Crippen LogP contribution in [0.1, 0.15) is 47.6 Å². The molecule has 2 aromatic rings. The smallest absolute Gasteiger partial charge is 0.271 e. The third-order valence-corrected chi connectivity index (χ3v) is 7.03. The monoisotopic (exact) mass is 420 g/mol. The lowest BCUT2D eigenvalue weighted by Gasteiger charge is -2.36. The van der Waals surface area contributed by atoms with E-state index < -0.39 is 0 Å². The van der Waals surface area contributed by atoms with E-state index in [-0.39, 0.29) is 11.9 Å². The second-order valence-electron chi connectivity index (χ2n) is 7.56. The molecule has 2 bridgehead atoms. The zero-order valence-electron chi connectivity index (χ0n) is 15.4. The fourth-order valence-corrected chi connectivity index (χ4v) is 4.58. The van der Waals surface area contributed by atoms with Crippen molar-refractivity contribution >= 4 is 21.8 Å². The van der Waals surface area contributed by atoms with Gasteiger partial charge in [0.05, 0.1) is 15.9 Å². The maximum Gasteiger partial charge on any atom is 0.271 e. The molecule has 2 fully saturated rings. The van der Waals surface area contributed by atoms with Gasteiger partial charge in [-0.2, -0.15) is 10.2 Å². The minimum absolute atomic E-state index is 0.0766. The molecule has 0 aliphatic carbocycles. The molecule has 0 aromatic carbocycles. The van der Waals surface area contributed by atoms with Gasteiger partial charge in [-0.25, -0.2) is 4.68 Å². The summed E-state index contributed by atoms with van der Waals surface area (Å²) in [4.78, 5) is 15.1. The molecule has 2 aliphatic heterocycles. The second-order valence-corrected chi connectivity index (χ2v) is 8.35. The topological polar surface area (TPSA) is 68.0 Å². The van der Waals surface area contributed by atoms with Gasteiger partial charge in [0.1, 0.15) is 12.4 Å². The number of nitrogens with zero attached hydrogens (tertiary/aromatic N) is 5. The highest BCUT2D eigenvalue weighted by molar-refractivity contribution is 9.10. The van der Waals surface area contributed by atoms with E-state index >= 15 is 0 Å². The minimum atomic E-state index is -0.0766. The number of aromatic nitrogens is 4. The molecule has 2 atom stereocenters. The van der Waals surface area contributed by atoms with Gasteiger partial charge in [-0.15, -0.1) is 0 Å². The summed E-state index contributed by atoms with van der Waals surface area (Å²) in [5, 5.41) is 12.1. The molecule has 140 valence electrons. The largest absolute Gasteiger partial charge is 0.348 e. The van der Waals surface area contributed by atoms with Gasteiger partial charge < -0.3 is 10.2 Å². The molecule has 26 heavy (non-hydrogen) atoms. The van der Waals surface area contributed by atoms with Gasteiger partial charge in [0.2, 0.25) is 0 Å². The summed E-state index contributed by atoms with van der Waals surface area (Å²) in [6, 6.07) is 3.26. The predicted molar refractivity (Wildman–Crippen MR) is 102 cm³/mol. The van der Waals surface area contributed by atoms with Crippen LogP contribution < -0.4 is 5.32 Å². The number of nitrogens with one attached hydrogen (secondary N) is 1. The summed E-state index contributed by atoms with van der Waals surface area (Å²) in [5.74, 6) is -0.0766. The highest BCUT2D eigenvalue weighted by atomic mass is 79.9. The molecule has 1 amide bonds. The number of rotatable bonds is 4. The van der Waals surface area contributed by atoms with Gasteiger partial charge >= 0.3 is 0 Å². The Balaban J connectivity index is 1.40. The molecule has 0 saturated carbocycles. The maximum absolute atomic E-state index is 12.6. The van der Waals surface area contributed by atoms with Crippen molar-refractivity contribution < 1.29 is 4.79 Å². The number of hydrogen-bond acceptors (Lipinski definition) is 4. The van der Waals surface area contributed by atoms with Crippen LogP contribution in [0.15, 0.2) is 16.7 Å². The van der Waals surface area contributed by atoms with Crippen molar-refractivity contribution in [2.24, 2.45) is 0 Å². The van der Waals surface area contributed by atoms with Crippen LogP contribution in [0.2, 0.25) is 0 Å². The summed E-state index contributed by atoms with van der Waals surface area (Å²) >= 11 is 3.54. The molecule has 2 aromatic heterocycles. The number of aryl methyl sites for hydroxylation is 1. The molecule has 2 saturated heterocycles. The normalized spacial score (nSPS) is 25.6. The van der Waals surface area contributed by atoms with Gasteiger partial charge in [-0.3, -0.25) is 9.48 Å². The van der Waals surface area contributed by atoms with E-state index in [4.69, 9.17) is 0 Å². The number of fused-ring (bicyclic) bond motifs is 2. The van der Waals surface area contributed by atoms with Crippen molar-refractivity contribution in [3.05, 3.63) is 33.8 Å². The van der Waals surface area contributed by atoms with E-state index in [0.717, 1.165) is 28.7 Å². The van der Waals surface area contributed by atoms with Gasteiger partial charge in [0, 0.05) is 24.3 Å².